The molecule has 10 nitrogen and oxygen atoms in total. The van der Waals surface area contributed by atoms with Crippen molar-refractivity contribution in [2.24, 2.45) is 27.2 Å². The number of likely N-dealkylation sites (tertiary alicyclic amines) is 2. The lowest BCUT2D eigenvalue weighted by molar-refractivity contribution is -0.134. The predicted octanol–water partition coefficient (Wildman–Crippen LogP) is 9.84. The molecule has 2 bridgehead atoms. The number of hydrogen-bond acceptors (Lipinski definition) is 7. The second-order valence-corrected chi connectivity index (χ2v) is 19.8. The van der Waals surface area contributed by atoms with Gasteiger partial charge in [-0.2, -0.15) is 8.78 Å². The number of halogens is 2. The Bertz CT molecular complexity index is 2480. The summed E-state index contributed by atoms with van der Waals surface area (Å²) in [5, 5.41) is 2.73. The molecule has 4 aliphatic heterocycles. The standard InChI is InChI=1S/C49H53F2N5O5/c1-26(2)42(54-45(58)60-6)44(57)55-25-48(15-16-48)23-41(55)39-22-32(24-52-39)29-9-13-35-34-12-8-28(19-36(34)49(50,51)37(35)20-29)27-10-14-38-31(17-27)21-40(53-38)43-30-7-11-33(18-30)56(43)46(59)61-47(3,4)5/h8-10,12-14,17,19-20,24,26,30,33,41-43H,7,11,15-16,18,21-23,25H2,1-6H3,(H,54,58)/t30-,33+,41-,42-,43-/m0/s1. The number of nitrogens with zero attached hydrogens (tertiary/aromatic N) is 4. The van der Waals surface area contributed by atoms with E-state index in [0.717, 1.165) is 72.3 Å². The number of hydrogen-bond donors (Lipinski definition) is 1. The van der Waals surface area contributed by atoms with Gasteiger partial charge in [0.1, 0.15) is 11.6 Å². The molecular formula is C49H53F2N5O5. The van der Waals surface area contributed by atoms with Crippen LogP contribution in [0.1, 0.15) is 102 Å². The molecule has 3 aromatic rings. The fourth-order valence-electron chi connectivity index (χ4n) is 11.0. The number of fused-ring (bicyclic) bond motifs is 6. The van der Waals surface area contributed by atoms with Crippen LogP contribution < -0.4 is 5.32 Å². The average Bonchev–Trinajstić information content (AvgIpc) is 3.87. The summed E-state index contributed by atoms with van der Waals surface area (Å²) >= 11 is 0. The first-order chi connectivity index (χ1) is 29.0. The highest BCUT2D eigenvalue weighted by molar-refractivity contribution is 6.04. The second-order valence-electron chi connectivity index (χ2n) is 19.8. The molecule has 2 saturated carbocycles. The Hall–Kier alpha value is -5.39. The number of carbonyl (C=O) groups is 3. The maximum atomic E-state index is 16.6. The molecule has 318 valence electrons. The van der Waals surface area contributed by atoms with Gasteiger partial charge in [-0.3, -0.25) is 19.7 Å². The number of alkyl carbamates (subject to hydrolysis) is 1. The average molecular weight is 830 g/mol. The summed E-state index contributed by atoms with van der Waals surface area (Å²) in [4.78, 5) is 53.2. The van der Waals surface area contributed by atoms with E-state index in [1.807, 2.05) is 74.8 Å². The Labute approximate surface area is 355 Å². The molecule has 5 atom stereocenters. The zero-order valence-corrected chi connectivity index (χ0v) is 35.7. The van der Waals surface area contributed by atoms with Crippen LogP contribution in [0.15, 0.2) is 70.8 Å². The van der Waals surface area contributed by atoms with Crippen molar-refractivity contribution in [3.8, 4) is 22.3 Å². The third-order valence-electron chi connectivity index (χ3n) is 14.2. The molecule has 3 aromatic carbocycles. The lowest BCUT2D eigenvalue weighted by Crippen LogP contribution is -2.53. The normalized spacial score (nSPS) is 25.2. The van der Waals surface area contributed by atoms with E-state index in [9.17, 15) is 14.4 Å². The van der Waals surface area contributed by atoms with Crippen LogP contribution in [-0.4, -0.2) is 82.7 Å². The van der Waals surface area contributed by atoms with E-state index < -0.39 is 23.7 Å². The smallest absolute Gasteiger partial charge is 0.411 e. The molecule has 10 rings (SSSR count). The van der Waals surface area contributed by atoms with Crippen molar-refractivity contribution >= 4 is 40.8 Å². The zero-order valence-electron chi connectivity index (χ0n) is 35.7. The van der Waals surface area contributed by atoms with Gasteiger partial charge in [0.15, 0.2) is 0 Å². The topological polar surface area (TPSA) is 113 Å². The highest BCUT2D eigenvalue weighted by Gasteiger charge is 2.56. The lowest BCUT2D eigenvalue weighted by atomic mass is 9.91. The lowest BCUT2D eigenvalue weighted by Gasteiger charge is -2.36. The van der Waals surface area contributed by atoms with Crippen molar-refractivity contribution < 1.29 is 32.6 Å². The van der Waals surface area contributed by atoms with Crippen LogP contribution in [0.2, 0.25) is 0 Å². The van der Waals surface area contributed by atoms with Crippen LogP contribution in [-0.2, 0) is 26.6 Å². The van der Waals surface area contributed by atoms with Crippen LogP contribution in [0.4, 0.5) is 24.1 Å². The quantitative estimate of drug-likeness (QED) is 0.255. The van der Waals surface area contributed by atoms with Gasteiger partial charge in [-0.15, -0.1) is 0 Å². The summed E-state index contributed by atoms with van der Waals surface area (Å²) in [6.07, 6.45) is 7.78. The number of carbonyl (C=O) groups excluding carboxylic acids is 3. The number of benzene rings is 3. The van der Waals surface area contributed by atoms with Gasteiger partial charge >= 0.3 is 12.2 Å². The molecule has 3 aliphatic carbocycles. The molecule has 0 radical (unpaired) electrons. The first-order valence-corrected chi connectivity index (χ1v) is 21.8. The number of alkyl halides is 2. The minimum atomic E-state index is -3.22. The highest BCUT2D eigenvalue weighted by Crippen LogP contribution is 2.56. The van der Waals surface area contributed by atoms with E-state index in [4.69, 9.17) is 19.5 Å². The Kier molecular flexibility index (Phi) is 9.16. The van der Waals surface area contributed by atoms with Crippen LogP contribution >= 0.6 is 0 Å². The van der Waals surface area contributed by atoms with Gasteiger partial charge in [0.25, 0.3) is 5.92 Å². The summed E-state index contributed by atoms with van der Waals surface area (Å²) in [5.74, 6) is -3.16. The molecule has 3 amide bonds. The molecule has 12 heteroatoms. The number of ether oxygens (including phenoxy) is 2. The third-order valence-corrected chi connectivity index (χ3v) is 14.2. The first kappa shape index (κ1) is 39.7. The third kappa shape index (κ3) is 6.75. The molecule has 1 spiro atoms. The van der Waals surface area contributed by atoms with Gasteiger partial charge in [-0.25, -0.2) is 9.59 Å². The Morgan fingerprint density at radius 1 is 0.902 bits per heavy atom. The van der Waals surface area contributed by atoms with E-state index in [1.54, 1.807) is 24.4 Å². The van der Waals surface area contributed by atoms with Gasteiger partial charge in [-0.1, -0.05) is 44.2 Å². The maximum absolute atomic E-state index is 16.6. The summed E-state index contributed by atoms with van der Waals surface area (Å²) < 4.78 is 43.9. The molecular weight excluding hydrogens is 777 g/mol. The number of rotatable bonds is 7. The van der Waals surface area contributed by atoms with E-state index in [2.05, 4.69) is 11.4 Å². The van der Waals surface area contributed by atoms with Crippen molar-refractivity contribution in [2.45, 2.75) is 122 Å². The second kappa shape index (κ2) is 14.1. The molecule has 4 fully saturated rings. The number of allylic oxidation sites excluding steroid dienone is 1. The minimum absolute atomic E-state index is 0.0166. The van der Waals surface area contributed by atoms with Crippen LogP contribution in [0.25, 0.3) is 27.8 Å². The number of piperidine rings is 1. The van der Waals surface area contributed by atoms with E-state index in [0.29, 0.717) is 47.6 Å². The van der Waals surface area contributed by atoms with Gasteiger partial charge in [0.05, 0.1) is 24.9 Å². The molecule has 1 N–H and O–H groups in total. The van der Waals surface area contributed by atoms with E-state index >= 15 is 8.78 Å². The SMILES string of the molecule is COC(=O)N[C@H](C(=O)N1CC2(CC2)C[C@H]1C1=NC=C(c2ccc3c(c2)C(F)(F)c2cc(-c4ccc5c(c4)CC([C@@H]4[C@H]6CC[C@H](C6)N4C(=O)OC(C)(C)C)=N5)ccc2-3)C1)C(C)C. The summed E-state index contributed by atoms with van der Waals surface area (Å²) in [7, 11) is 1.28. The fourth-order valence-corrected chi connectivity index (χ4v) is 11.0. The molecule has 4 heterocycles. The molecule has 61 heavy (non-hydrogen) atoms. The number of nitrogens with one attached hydrogen (secondary N) is 1. The van der Waals surface area contributed by atoms with Crippen molar-refractivity contribution in [3.05, 3.63) is 83.1 Å². The van der Waals surface area contributed by atoms with Crippen molar-refractivity contribution in [2.75, 3.05) is 13.7 Å². The van der Waals surface area contributed by atoms with Gasteiger partial charge in [0.2, 0.25) is 5.91 Å². The monoisotopic (exact) mass is 829 g/mol. The van der Waals surface area contributed by atoms with Gasteiger partial charge < -0.3 is 19.7 Å². The van der Waals surface area contributed by atoms with Gasteiger partial charge in [-0.05, 0) is 140 Å². The molecule has 7 aliphatic rings. The Morgan fingerprint density at radius 3 is 2.28 bits per heavy atom. The predicted molar refractivity (Wildman–Crippen MR) is 230 cm³/mol. The van der Waals surface area contributed by atoms with Crippen molar-refractivity contribution in [1.82, 2.24) is 15.1 Å². The summed E-state index contributed by atoms with van der Waals surface area (Å²) in [6, 6.07) is 15.7. The van der Waals surface area contributed by atoms with Crippen molar-refractivity contribution in [1.29, 1.82) is 0 Å². The molecule has 2 saturated heterocycles. The molecule has 0 unspecified atom stereocenters. The van der Waals surface area contributed by atoms with Crippen molar-refractivity contribution in [3.63, 3.8) is 0 Å². The maximum Gasteiger partial charge on any atom is 0.411 e. The first-order valence-electron chi connectivity index (χ1n) is 21.8. The summed E-state index contributed by atoms with van der Waals surface area (Å²) in [6.45, 7) is 10.1. The highest BCUT2D eigenvalue weighted by atomic mass is 19.3. The molecule has 0 aromatic heterocycles. The fraction of sp³-hybridized carbons (Fsp3) is 0.490. The van der Waals surface area contributed by atoms with Crippen LogP contribution in [0.3, 0.4) is 0 Å². The van der Waals surface area contributed by atoms with Crippen LogP contribution in [0.5, 0.6) is 0 Å². The number of aliphatic imine (C=N–C) groups is 2. The van der Waals surface area contributed by atoms with E-state index in [1.165, 1.54) is 7.11 Å². The number of methoxy groups -OCH3 is 1. The largest absolute Gasteiger partial charge is 0.453 e. The van der Waals surface area contributed by atoms with Gasteiger partial charge in [0, 0.05) is 54.2 Å². The summed E-state index contributed by atoms with van der Waals surface area (Å²) in [5.41, 5.74) is 7.25. The minimum Gasteiger partial charge on any atom is -0.453 e. The number of amides is 3. The van der Waals surface area contributed by atoms with E-state index in [-0.39, 0.29) is 52.6 Å². The Morgan fingerprint density at radius 2 is 1.59 bits per heavy atom. The zero-order chi connectivity index (χ0) is 42.7. The Balaban J connectivity index is 0.850. The van der Waals surface area contributed by atoms with Crippen LogP contribution in [0, 0.1) is 17.3 Å².